The highest BCUT2D eigenvalue weighted by molar-refractivity contribution is 5.69. The minimum absolute atomic E-state index is 0.0347. The molecule has 0 aliphatic heterocycles. The van der Waals surface area contributed by atoms with Gasteiger partial charge in [0, 0.05) is 12.8 Å². The van der Waals surface area contributed by atoms with Gasteiger partial charge in [0.2, 0.25) is 0 Å². The largest absolute Gasteiger partial charge is 0.466 e. The summed E-state index contributed by atoms with van der Waals surface area (Å²) in [6.45, 7) is 18.2. The Morgan fingerprint density at radius 1 is 0.439 bits per heavy atom. The van der Waals surface area contributed by atoms with Crippen LogP contribution in [0, 0.1) is 11.8 Å². The third-order valence-corrected chi connectivity index (χ3v) is 12.6. The average Bonchev–Trinajstić information content (AvgIpc) is 3.20. The summed E-state index contributed by atoms with van der Waals surface area (Å²) < 4.78 is 11.1. The van der Waals surface area contributed by atoms with Gasteiger partial charge in [0.15, 0.2) is 0 Å². The number of hydrogen-bond donors (Lipinski definition) is 1. The van der Waals surface area contributed by atoms with Crippen molar-refractivity contribution in [1.29, 1.82) is 0 Å². The van der Waals surface area contributed by atoms with Gasteiger partial charge < -0.3 is 19.5 Å². The first-order valence-electron chi connectivity index (χ1n) is 25.5. The van der Waals surface area contributed by atoms with Crippen molar-refractivity contribution in [2.75, 3.05) is 32.8 Å². The summed E-state index contributed by atoms with van der Waals surface area (Å²) in [6.07, 6.45) is 38.9. The number of carbonyl (C=O) groups excluding carboxylic acids is 2. The van der Waals surface area contributed by atoms with Crippen LogP contribution >= 0.6 is 0 Å². The van der Waals surface area contributed by atoms with Gasteiger partial charge in [-0.05, 0) is 102 Å². The Kier molecular flexibility index (Phi) is 40.8. The quantitative estimate of drug-likeness (QED) is 0.0488. The number of carbonyl (C=O) groups is 2. The van der Waals surface area contributed by atoms with Crippen molar-refractivity contribution in [2.24, 2.45) is 11.8 Å². The third-order valence-electron chi connectivity index (χ3n) is 12.6. The zero-order chi connectivity index (χ0) is 42.1. The highest BCUT2D eigenvalue weighted by Gasteiger charge is 2.25. The number of nitrogens with zero attached hydrogens (tertiary/aromatic N) is 1. The molecule has 0 aliphatic carbocycles. The molecular weight excluding hydrogens is 707 g/mol. The van der Waals surface area contributed by atoms with E-state index in [0.29, 0.717) is 26.1 Å². The van der Waals surface area contributed by atoms with Crippen LogP contribution in [-0.2, 0) is 19.1 Å². The molecule has 0 rings (SSSR count). The van der Waals surface area contributed by atoms with Crippen molar-refractivity contribution >= 4 is 11.9 Å². The second kappa shape index (κ2) is 41.6. The molecule has 0 aromatic rings. The van der Waals surface area contributed by atoms with Crippen molar-refractivity contribution in [3.8, 4) is 0 Å². The molecule has 0 saturated heterocycles. The maximum absolute atomic E-state index is 12.3. The Morgan fingerprint density at radius 3 is 1.21 bits per heavy atom. The van der Waals surface area contributed by atoms with Crippen LogP contribution in [0.15, 0.2) is 0 Å². The molecule has 0 fully saturated rings. The summed E-state index contributed by atoms with van der Waals surface area (Å²) >= 11 is 0. The van der Waals surface area contributed by atoms with Gasteiger partial charge in [-0.2, -0.15) is 0 Å². The topological polar surface area (TPSA) is 76.1 Å². The molecule has 2 atom stereocenters. The third kappa shape index (κ3) is 36.4. The minimum atomic E-state index is -0.598. The van der Waals surface area contributed by atoms with E-state index in [1.807, 2.05) is 0 Å². The van der Waals surface area contributed by atoms with E-state index in [-0.39, 0.29) is 11.9 Å². The molecular formula is C51H101NO5. The lowest BCUT2D eigenvalue weighted by atomic mass is 9.85. The van der Waals surface area contributed by atoms with Gasteiger partial charge >= 0.3 is 11.9 Å². The van der Waals surface area contributed by atoms with Crippen LogP contribution in [0.25, 0.3) is 0 Å². The molecule has 0 aliphatic rings. The van der Waals surface area contributed by atoms with Gasteiger partial charge in [0.1, 0.15) is 0 Å². The second-order valence-corrected chi connectivity index (χ2v) is 18.0. The Hall–Kier alpha value is -1.14. The molecule has 0 heterocycles. The van der Waals surface area contributed by atoms with Gasteiger partial charge in [-0.25, -0.2) is 0 Å². The van der Waals surface area contributed by atoms with Crippen LogP contribution < -0.4 is 0 Å². The predicted octanol–water partition coefficient (Wildman–Crippen LogP) is 15.1. The first kappa shape index (κ1) is 55.9. The highest BCUT2D eigenvalue weighted by Crippen LogP contribution is 2.29. The van der Waals surface area contributed by atoms with E-state index in [1.165, 1.54) is 116 Å². The Morgan fingerprint density at radius 2 is 0.807 bits per heavy atom. The highest BCUT2D eigenvalue weighted by atomic mass is 16.5. The molecule has 0 bridgehead atoms. The molecule has 6 nitrogen and oxygen atoms in total. The van der Waals surface area contributed by atoms with E-state index in [4.69, 9.17) is 9.47 Å². The Balaban J connectivity index is 4.32. The zero-order valence-electron chi connectivity index (χ0n) is 39.5. The van der Waals surface area contributed by atoms with Gasteiger partial charge in [-0.3, -0.25) is 9.59 Å². The molecule has 0 spiro atoms. The van der Waals surface area contributed by atoms with Gasteiger partial charge in [-0.15, -0.1) is 0 Å². The maximum atomic E-state index is 12.3. The summed E-state index contributed by atoms with van der Waals surface area (Å²) in [7, 11) is 0. The van der Waals surface area contributed by atoms with Crippen LogP contribution in [0.5, 0.6) is 0 Å². The monoisotopic (exact) mass is 808 g/mol. The second-order valence-electron chi connectivity index (χ2n) is 18.0. The summed E-state index contributed by atoms with van der Waals surface area (Å²) in [5, 5.41) is 11.8. The maximum Gasteiger partial charge on any atom is 0.305 e. The van der Waals surface area contributed by atoms with Crippen LogP contribution in [0.3, 0.4) is 0 Å². The van der Waals surface area contributed by atoms with Crippen molar-refractivity contribution < 1.29 is 24.2 Å². The molecule has 0 aromatic heterocycles. The molecule has 0 amide bonds. The van der Waals surface area contributed by atoms with E-state index in [9.17, 15) is 14.7 Å². The molecule has 0 radical (unpaired) electrons. The number of unbranched alkanes of at least 4 members (excludes halogenated alkanes) is 15. The smallest absolute Gasteiger partial charge is 0.305 e. The first-order valence-corrected chi connectivity index (χ1v) is 25.5. The number of rotatable bonds is 45. The zero-order valence-corrected chi connectivity index (χ0v) is 39.5. The van der Waals surface area contributed by atoms with E-state index in [2.05, 4.69) is 46.4 Å². The SMILES string of the molecule is CCCCC(CC)CCCCCCC(=O)OCCCCCCC(O)(CCCCCCOC(=O)CCCCCCC(CC)CCCC)CCCCN(CCC)CCC. The van der Waals surface area contributed by atoms with E-state index >= 15 is 0 Å². The molecule has 57 heavy (non-hydrogen) atoms. The summed E-state index contributed by atoms with van der Waals surface area (Å²) in [4.78, 5) is 27.1. The number of esters is 2. The van der Waals surface area contributed by atoms with Crippen LogP contribution in [0.1, 0.15) is 266 Å². The van der Waals surface area contributed by atoms with Crippen molar-refractivity contribution in [1.82, 2.24) is 4.90 Å². The Bertz CT molecular complexity index is 805. The van der Waals surface area contributed by atoms with Crippen LogP contribution in [0.2, 0.25) is 0 Å². The molecule has 340 valence electrons. The van der Waals surface area contributed by atoms with Crippen LogP contribution in [-0.4, -0.2) is 60.4 Å². The normalized spacial score (nSPS) is 13.8. The molecule has 0 aromatic carbocycles. The summed E-state index contributed by atoms with van der Waals surface area (Å²) in [5.74, 6) is 1.70. The first-order chi connectivity index (χ1) is 27.8. The van der Waals surface area contributed by atoms with Crippen molar-refractivity contribution in [3.63, 3.8) is 0 Å². The standard InChI is InChI=1S/C51H101NO5/c1-7-13-33-47(11-5)35-23-15-17-25-37-49(53)56-45-31-21-19-27-39-51(55,41-29-30-44-52(42-9-3)43-10-4)40-28-20-22-32-46-57-50(54)38-26-18-16-24-36-48(12-6)34-14-8-2/h47-48,55H,7-46H2,1-6H3. The lowest BCUT2D eigenvalue weighted by Crippen LogP contribution is -2.30. The minimum Gasteiger partial charge on any atom is -0.466 e. The lowest BCUT2D eigenvalue weighted by Gasteiger charge is -2.29. The number of hydrogen-bond acceptors (Lipinski definition) is 6. The molecule has 0 saturated carbocycles. The number of aliphatic hydroxyl groups is 1. The average molecular weight is 808 g/mol. The van der Waals surface area contributed by atoms with E-state index in [0.717, 1.165) is 128 Å². The fraction of sp³-hybridized carbons (Fsp3) is 0.961. The fourth-order valence-electron chi connectivity index (χ4n) is 8.67. The lowest BCUT2D eigenvalue weighted by molar-refractivity contribution is -0.144. The van der Waals surface area contributed by atoms with Crippen molar-refractivity contribution in [2.45, 2.75) is 272 Å². The van der Waals surface area contributed by atoms with Gasteiger partial charge in [0.05, 0.1) is 18.8 Å². The Labute approximate surface area is 356 Å². The fourth-order valence-corrected chi connectivity index (χ4v) is 8.67. The van der Waals surface area contributed by atoms with Crippen molar-refractivity contribution in [3.05, 3.63) is 0 Å². The van der Waals surface area contributed by atoms with Crippen LogP contribution in [0.4, 0.5) is 0 Å². The van der Waals surface area contributed by atoms with E-state index < -0.39 is 5.60 Å². The molecule has 2 unspecified atom stereocenters. The summed E-state index contributed by atoms with van der Waals surface area (Å²) in [5.41, 5.74) is -0.598. The number of ether oxygens (including phenoxy) is 2. The molecule has 1 N–H and O–H groups in total. The summed E-state index contributed by atoms with van der Waals surface area (Å²) in [6, 6.07) is 0. The molecule has 6 heteroatoms. The van der Waals surface area contributed by atoms with E-state index in [1.54, 1.807) is 0 Å². The predicted molar refractivity (Wildman–Crippen MR) is 246 cm³/mol. The van der Waals surface area contributed by atoms with Gasteiger partial charge in [-0.1, -0.05) is 183 Å². The van der Waals surface area contributed by atoms with Gasteiger partial charge in [0.25, 0.3) is 0 Å².